The summed E-state index contributed by atoms with van der Waals surface area (Å²) in [4.78, 5) is 59.0. The Kier molecular flexibility index (Phi) is 13.3. The van der Waals surface area contributed by atoms with Crippen molar-refractivity contribution in [1.29, 1.82) is 0 Å². The van der Waals surface area contributed by atoms with Gasteiger partial charge in [0.1, 0.15) is 30.2 Å². The summed E-state index contributed by atoms with van der Waals surface area (Å²) < 4.78 is 0. The van der Waals surface area contributed by atoms with Gasteiger partial charge in [-0.2, -0.15) is 12.6 Å². The van der Waals surface area contributed by atoms with Gasteiger partial charge >= 0.3 is 5.97 Å². The van der Waals surface area contributed by atoms with Crippen LogP contribution in [0.4, 0.5) is 0 Å². The number of aliphatic hydroxyl groups is 4. The SMILES string of the molecule is N[C@@H](CO)C(=O)N[C@@H](CO)C(=O)N[C@@H](CO)C(=O)N[C@@H](CO)C(=O)N[C@@H](CS)C(=O)O. The standard InChI is InChI=1S/C15H27N5O10S/c16-6(1-21)11(25)17-7(2-22)12(26)18-8(3-23)13(27)19-9(4-24)14(28)20-10(5-31)15(29)30/h6-10,21-24,31H,1-5,16H2,(H,17,25)(H,18,26)(H,19,27)(H,20,28)(H,29,30)/t6-,7-,8-,9-,10-/m0/s1. The van der Waals surface area contributed by atoms with Gasteiger partial charge < -0.3 is 52.5 Å². The summed E-state index contributed by atoms with van der Waals surface area (Å²) in [5.41, 5.74) is 5.27. The molecule has 0 aromatic rings. The molecule has 0 radical (unpaired) electrons. The summed E-state index contributed by atoms with van der Waals surface area (Å²) >= 11 is 3.76. The molecule has 0 saturated carbocycles. The third kappa shape index (κ3) is 9.45. The number of nitrogens with two attached hydrogens (primary N) is 1. The number of aliphatic carboxylic acids is 1. The topological polar surface area (TPSA) is 261 Å². The van der Waals surface area contributed by atoms with Crippen LogP contribution < -0.4 is 27.0 Å². The number of rotatable bonds is 14. The Morgan fingerprint density at radius 3 is 1.23 bits per heavy atom. The number of thiol groups is 1. The van der Waals surface area contributed by atoms with Crippen molar-refractivity contribution >= 4 is 42.2 Å². The van der Waals surface area contributed by atoms with Crippen LogP contribution in [-0.4, -0.2) is 118 Å². The lowest BCUT2D eigenvalue weighted by molar-refractivity contribution is -0.142. The van der Waals surface area contributed by atoms with E-state index in [1.165, 1.54) is 0 Å². The highest BCUT2D eigenvalue weighted by atomic mass is 32.1. The van der Waals surface area contributed by atoms with Crippen molar-refractivity contribution in [2.45, 2.75) is 30.2 Å². The van der Waals surface area contributed by atoms with Crippen molar-refractivity contribution in [3.8, 4) is 0 Å². The molecule has 15 nitrogen and oxygen atoms in total. The lowest BCUT2D eigenvalue weighted by Gasteiger charge is -2.24. The Bertz CT molecular complexity index is 652. The number of carbonyl (C=O) groups is 5. The quantitative estimate of drug-likeness (QED) is 0.106. The van der Waals surface area contributed by atoms with Gasteiger partial charge in [-0.15, -0.1) is 0 Å². The molecule has 0 aliphatic heterocycles. The van der Waals surface area contributed by atoms with Crippen LogP contribution in [0.15, 0.2) is 0 Å². The molecule has 5 atom stereocenters. The van der Waals surface area contributed by atoms with Crippen molar-refractivity contribution in [2.24, 2.45) is 5.73 Å². The zero-order chi connectivity index (χ0) is 24.1. The average Bonchev–Trinajstić information content (AvgIpc) is 2.75. The first kappa shape index (κ1) is 28.5. The zero-order valence-corrected chi connectivity index (χ0v) is 17.1. The third-order valence-corrected chi connectivity index (χ3v) is 4.14. The van der Waals surface area contributed by atoms with E-state index in [4.69, 9.17) is 15.9 Å². The van der Waals surface area contributed by atoms with Crippen LogP contribution in [-0.2, 0) is 24.0 Å². The summed E-state index contributed by atoms with van der Waals surface area (Å²) in [5, 5.41) is 53.7. The molecule has 0 heterocycles. The fourth-order valence-corrected chi connectivity index (χ4v) is 2.19. The zero-order valence-electron chi connectivity index (χ0n) is 16.2. The largest absolute Gasteiger partial charge is 0.480 e. The predicted octanol–water partition coefficient (Wildman–Crippen LogP) is -6.76. The van der Waals surface area contributed by atoms with E-state index in [-0.39, 0.29) is 5.75 Å². The van der Waals surface area contributed by atoms with Crippen LogP contribution in [0.3, 0.4) is 0 Å². The van der Waals surface area contributed by atoms with Gasteiger partial charge in [0.05, 0.1) is 26.4 Å². The van der Waals surface area contributed by atoms with Gasteiger partial charge in [-0.3, -0.25) is 19.2 Å². The maximum Gasteiger partial charge on any atom is 0.327 e. The van der Waals surface area contributed by atoms with Crippen molar-refractivity contribution in [3.05, 3.63) is 0 Å². The summed E-state index contributed by atoms with van der Waals surface area (Å²) in [6, 6.07) is -7.61. The van der Waals surface area contributed by atoms with Gasteiger partial charge in [0.2, 0.25) is 23.6 Å². The van der Waals surface area contributed by atoms with E-state index in [2.05, 4.69) is 12.6 Å². The van der Waals surface area contributed by atoms with Crippen LogP contribution in [0.5, 0.6) is 0 Å². The highest BCUT2D eigenvalue weighted by Gasteiger charge is 2.30. The van der Waals surface area contributed by atoms with Crippen LogP contribution in [0.25, 0.3) is 0 Å². The fourth-order valence-electron chi connectivity index (χ4n) is 1.95. The lowest BCUT2D eigenvalue weighted by Crippen LogP contribution is -2.60. The van der Waals surface area contributed by atoms with Gasteiger partial charge in [-0.25, -0.2) is 4.79 Å². The van der Waals surface area contributed by atoms with E-state index in [0.29, 0.717) is 0 Å². The molecule has 4 amide bonds. The first-order valence-electron chi connectivity index (χ1n) is 8.80. The molecule has 0 aromatic carbocycles. The Morgan fingerprint density at radius 1 is 0.645 bits per heavy atom. The monoisotopic (exact) mass is 469 g/mol. The molecular formula is C15H27N5O10S. The first-order chi connectivity index (χ1) is 14.6. The fraction of sp³-hybridized carbons (Fsp3) is 0.667. The summed E-state index contributed by atoms with van der Waals surface area (Å²) in [6.45, 7) is -3.53. The van der Waals surface area contributed by atoms with Gasteiger partial charge in [0.15, 0.2) is 0 Å². The van der Waals surface area contributed by atoms with Crippen molar-refractivity contribution in [1.82, 2.24) is 21.3 Å². The Hall–Kier alpha value is -2.50. The van der Waals surface area contributed by atoms with Gasteiger partial charge in [-0.1, -0.05) is 0 Å². The van der Waals surface area contributed by atoms with Crippen molar-refractivity contribution in [3.63, 3.8) is 0 Å². The van der Waals surface area contributed by atoms with E-state index in [1.54, 1.807) is 0 Å². The van der Waals surface area contributed by atoms with Gasteiger partial charge in [0, 0.05) is 5.75 Å². The van der Waals surface area contributed by atoms with E-state index in [9.17, 15) is 39.3 Å². The smallest absolute Gasteiger partial charge is 0.327 e. The Morgan fingerprint density at radius 2 is 0.968 bits per heavy atom. The number of carboxylic acids is 1. The Labute approximate surface area is 181 Å². The van der Waals surface area contributed by atoms with Crippen LogP contribution >= 0.6 is 12.6 Å². The Balaban J connectivity index is 5.07. The van der Waals surface area contributed by atoms with Crippen molar-refractivity contribution in [2.75, 3.05) is 32.2 Å². The molecule has 0 aliphatic carbocycles. The molecule has 0 aromatic heterocycles. The molecule has 16 heteroatoms. The van der Waals surface area contributed by atoms with E-state index >= 15 is 0 Å². The molecular weight excluding hydrogens is 442 g/mol. The van der Waals surface area contributed by atoms with Crippen molar-refractivity contribution < 1.29 is 49.5 Å². The maximum atomic E-state index is 12.2. The molecule has 178 valence electrons. The molecule has 0 fully saturated rings. The summed E-state index contributed by atoms with van der Waals surface area (Å²) in [7, 11) is 0. The minimum Gasteiger partial charge on any atom is -0.480 e. The molecule has 31 heavy (non-hydrogen) atoms. The highest BCUT2D eigenvalue weighted by Crippen LogP contribution is 1.95. The summed E-state index contributed by atoms with van der Waals surface area (Å²) in [6.07, 6.45) is 0. The number of carboxylic acid groups (broad SMARTS) is 1. The second-order valence-corrected chi connectivity index (χ2v) is 6.47. The number of aliphatic hydroxyl groups excluding tert-OH is 4. The molecule has 0 saturated heterocycles. The third-order valence-electron chi connectivity index (χ3n) is 3.78. The number of hydrogen-bond donors (Lipinski definition) is 11. The first-order valence-corrected chi connectivity index (χ1v) is 9.43. The van der Waals surface area contributed by atoms with Crippen LogP contribution in [0, 0.1) is 0 Å². The van der Waals surface area contributed by atoms with Gasteiger partial charge in [-0.05, 0) is 0 Å². The maximum absolute atomic E-state index is 12.2. The van der Waals surface area contributed by atoms with E-state index < -0.39 is 86.2 Å². The second kappa shape index (κ2) is 14.5. The molecule has 0 spiro atoms. The highest BCUT2D eigenvalue weighted by molar-refractivity contribution is 7.80. The lowest BCUT2D eigenvalue weighted by atomic mass is 10.2. The molecule has 0 bridgehead atoms. The van der Waals surface area contributed by atoms with Crippen LogP contribution in [0.1, 0.15) is 0 Å². The molecule has 0 unspecified atom stereocenters. The summed E-state index contributed by atoms with van der Waals surface area (Å²) in [5.74, 6) is -5.91. The number of amides is 4. The van der Waals surface area contributed by atoms with E-state index in [0.717, 1.165) is 0 Å². The minimum absolute atomic E-state index is 0.267. The second-order valence-electron chi connectivity index (χ2n) is 6.10. The van der Waals surface area contributed by atoms with Crippen LogP contribution in [0.2, 0.25) is 0 Å². The molecule has 0 aliphatic rings. The minimum atomic E-state index is -1.66. The molecule has 0 rings (SSSR count). The number of carbonyl (C=O) groups excluding carboxylic acids is 4. The average molecular weight is 469 g/mol. The van der Waals surface area contributed by atoms with E-state index in [1.807, 2.05) is 21.3 Å². The number of nitrogens with one attached hydrogen (secondary N) is 4. The molecule has 11 N–H and O–H groups in total. The number of hydrogen-bond acceptors (Lipinski definition) is 11. The predicted molar refractivity (Wildman–Crippen MR) is 106 cm³/mol. The van der Waals surface area contributed by atoms with Gasteiger partial charge in [0.25, 0.3) is 0 Å². The normalized spacial score (nSPS) is 15.5.